The van der Waals surface area contributed by atoms with Gasteiger partial charge in [0.25, 0.3) is 0 Å². The minimum Gasteiger partial charge on any atom is -0.370 e. The van der Waals surface area contributed by atoms with Crippen molar-refractivity contribution in [2.24, 2.45) is 5.92 Å². The van der Waals surface area contributed by atoms with Gasteiger partial charge in [-0.1, -0.05) is 11.6 Å². The van der Waals surface area contributed by atoms with Gasteiger partial charge in [-0.05, 0) is 31.0 Å². The van der Waals surface area contributed by atoms with Crippen molar-refractivity contribution in [1.29, 1.82) is 5.26 Å². The van der Waals surface area contributed by atoms with E-state index in [1.165, 1.54) is 0 Å². The maximum atomic E-state index is 12.8. The lowest BCUT2D eigenvalue weighted by atomic mass is 9.94. The van der Waals surface area contributed by atoms with Gasteiger partial charge in [0.1, 0.15) is 6.07 Å². The van der Waals surface area contributed by atoms with Crippen molar-refractivity contribution >= 4 is 45.9 Å². The molecule has 0 atom stereocenters. The van der Waals surface area contributed by atoms with E-state index in [4.69, 9.17) is 11.6 Å². The van der Waals surface area contributed by atoms with Gasteiger partial charge in [0, 0.05) is 60.2 Å². The largest absolute Gasteiger partial charge is 0.370 e. The molecule has 2 aliphatic heterocycles. The molecule has 0 aliphatic carbocycles. The molecule has 0 radical (unpaired) electrons. The number of rotatable bonds is 2. The van der Waals surface area contributed by atoms with E-state index in [1.807, 2.05) is 34.9 Å². The van der Waals surface area contributed by atoms with Gasteiger partial charge < -0.3 is 9.80 Å². The Labute approximate surface area is 168 Å². The van der Waals surface area contributed by atoms with Crippen LogP contribution in [0.4, 0.5) is 5.69 Å². The number of nitriles is 1. The fourth-order valence-electron chi connectivity index (χ4n) is 3.97. The first-order valence-corrected chi connectivity index (χ1v) is 10.8. The molecule has 5 nitrogen and oxygen atoms in total. The first kappa shape index (κ1) is 18.4. The number of carbonyl (C=O) groups is 1. The summed E-state index contributed by atoms with van der Waals surface area (Å²) >= 11 is 8.11. The van der Waals surface area contributed by atoms with Crippen molar-refractivity contribution in [2.75, 3.05) is 42.6 Å². The van der Waals surface area contributed by atoms with Crippen molar-refractivity contribution in [3.63, 3.8) is 0 Å². The summed E-state index contributed by atoms with van der Waals surface area (Å²) in [7, 11) is 0. The van der Waals surface area contributed by atoms with E-state index >= 15 is 0 Å². The molecule has 140 valence electrons. The van der Waals surface area contributed by atoms with Crippen molar-refractivity contribution in [3.05, 3.63) is 35.0 Å². The predicted molar refractivity (Wildman–Crippen MR) is 110 cm³/mol. The molecule has 1 amide bonds. The Morgan fingerprint density at radius 2 is 1.96 bits per heavy atom. The number of piperidine rings is 1. The average molecular weight is 401 g/mol. The average Bonchev–Trinajstić information content (AvgIpc) is 2.73. The molecule has 0 bridgehead atoms. The van der Waals surface area contributed by atoms with Gasteiger partial charge in [-0.2, -0.15) is 17.0 Å². The lowest BCUT2D eigenvalue weighted by molar-refractivity contribution is -0.135. The minimum atomic E-state index is 0.0894. The maximum Gasteiger partial charge on any atom is 0.225 e. The Balaban J connectivity index is 1.55. The Morgan fingerprint density at radius 3 is 2.67 bits per heavy atom. The Bertz CT molecular complexity index is 899. The van der Waals surface area contributed by atoms with Crippen molar-refractivity contribution in [1.82, 2.24) is 9.88 Å². The van der Waals surface area contributed by atoms with Gasteiger partial charge in [-0.25, -0.2) is 0 Å². The molecule has 0 N–H and O–H groups in total. The Morgan fingerprint density at radius 1 is 1.22 bits per heavy atom. The van der Waals surface area contributed by atoms with Crippen LogP contribution in [-0.4, -0.2) is 53.5 Å². The van der Waals surface area contributed by atoms with E-state index in [2.05, 4.69) is 16.0 Å². The SMILES string of the molecule is N#Cc1cnc2ccc(Cl)cc2c1N1CCC(C(=O)N2CCSCC2)CC1. The third-order valence-electron chi connectivity index (χ3n) is 5.41. The highest BCUT2D eigenvalue weighted by Crippen LogP contribution is 2.34. The summed E-state index contributed by atoms with van der Waals surface area (Å²) < 4.78 is 0. The number of nitrogens with zero attached hydrogens (tertiary/aromatic N) is 4. The monoisotopic (exact) mass is 400 g/mol. The topological polar surface area (TPSA) is 60.2 Å². The van der Waals surface area contributed by atoms with Crippen molar-refractivity contribution in [3.8, 4) is 6.07 Å². The van der Waals surface area contributed by atoms with Crippen LogP contribution in [0.15, 0.2) is 24.4 Å². The van der Waals surface area contributed by atoms with E-state index in [9.17, 15) is 10.1 Å². The number of pyridine rings is 1. The van der Waals surface area contributed by atoms with Gasteiger partial charge in [-0.15, -0.1) is 0 Å². The number of carbonyl (C=O) groups excluding carboxylic acids is 1. The summed E-state index contributed by atoms with van der Waals surface area (Å²) in [4.78, 5) is 21.4. The Hall–Kier alpha value is -1.97. The molecule has 2 saturated heterocycles. The fourth-order valence-corrected chi connectivity index (χ4v) is 5.04. The molecule has 27 heavy (non-hydrogen) atoms. The number of hydrogen-bond acceptors (Lipinski definition) is 5. The van der Waals surface area contributed by atoms with Crippen LogP contribution in [-0.2, 0) is 4.79 Å². The molecule has 2 fully saturated rings. The summed E-state index contributed by atoms with van der Waals surface area (Å²) in [6, 6.07) is 7.84. The third kappa shape index (κ3) is 3.71. The van der Waals surface area contributed by atoms with Crippen molar-refractivity contribution in [2.45, 2.75) is 12.8 Å². The van der Waals surface area contributed by atoms with E-state index in [0.29, 0.717) is 16.5 Å². The summed E-state index contributed by atoms with van der Waals surface area (Å²) in [5.74, 6) is 2.48. The number of fused-ring (bicyclic) bond motifs is 1. The number of halogens is 1. The molecule has 1 aromatic heterocycles. The standard InChI is InChI=1S/C20H21ClN4OS/c21-16-1-2-18-17(11-16)19(15(12-22)13-23-18)24-5-3-14(4-6-24)20(26)25-7-9-27-10-8-25/h1-2,11,13-14H,3-10H2. The van der Waals surface area contributed by atoms with Crippen molar-refractivity contribution < 1.29 is 4.79 Å². The Kier molecular flexibility index (Phi) is 5.42. The predicted octanol–water partition coefficient (Wildman–Crippen LogP) is 3.55. The maximum absolute atomic E-state index is 12.8. The van der Waals surface area contributed by atoms with Crippen LogP contribution in [0.2, 0.25) is 5.02 Å². The van der Waals surface area contributed by atoms with E-state index in [1.54, 1.807) is 6.20 Å². The summed E-state index contributed by atoms with van der Waals surface area (Å²) in [5, 5.41) is 11.1. The van der Waals surface area contributed by atoms with Gasteiger partial charge >= 0.3 is 0 Å². The number of hydrogen-bond donors (Lipinski definition) is 0. The number of thioether (sulfide) groups is 1. The van der Waals surface area contributed by atoms with Gasteiger partial charge in [0.2, 0.25) is 5.91 Å². The number of amides is 1. The number of aromatic nitrogens is 1. The van der Waals surface area contributed by atoms with Crippen LogP contribution in [0.3, 0.4) is 0 Å². The zero-order valence-electron chi connectivity index (χ0n) is 15.0. The lowest BCUT2D eigenvalue weighted by Crippen LogP contribution is -2.45. The zero-order chi connectivity index (χ0) is 18.8. The van der Waals surface area contributed by atoms with Crippen LogP contribution < -0.4 is 4.90 Å². The van der Waals surface area contributed by atoms with E-state index in [-0.39, 0.29) is 5.92 Å². The number of anilines is 1. The normalized spacial score (nSPS) is 18.5. The molecule has 0 saturated carbocycles. The van der Waals surface area contributed by atoms with Crippen LogP contribution >= 0.6 is 23.4 Å². The van der Waals surface area contributed by atoms with Crippen LogP contribution in [0.1, 0.15) is 18.4 Å². The first-order valence-electron chi connectivity index (χ1n) is 9.27. The second kappa shape index (κ2) is 7.95. The van der Waals surface area contributed by atoms with Gasteiger partial charge in [-0.3, -0.25) is 9.78 Å². The lowest BCUT2D eigenvalue weighted by Gasteiger charge is -2.37. The molecule has 4 rings (SSSR count). The second-order valence-corrected chi connectivity index (χ2v) is 8.65. The van der Waals surface area contributed by atoms with Crippen LogP contribution in [0.5, 0.6) is 0 Å². The number of benzene rings is 1. The molecule has 7 heteroatoms. The second-order valence-electron chi connectivity index (χ2n) is 6.99. The smallest absolute Gasteiger partial charge is 0.225 e. The molecule has 2 aromatic rings. The zero-order valence-corrected chi connectivity index (χ0v) is 16.6. The highest BCUT2D eigenvalue weighted by atomic mass is 35.5. The third-order valence-corrected chi connectivity index (χ3v) is 6.58. The molecule has 2 aliphatic rings. The minimum absolute atomic E-state index is 0.0894. The molecular formula is C20H21ClN4OS. The van der Waals surface area contributed by atoms with Gasteiger partial charge in [0.15, 0.2) is 0 Å². The fraction of sp³-hybridized carbons (Fsp3) is 0.450. The molecule has 0 spiro atoms. The van der Waals surface area contributed by atoms with Crippen LogP contribution in [0, 0.1) is 17.2 Å². The molecule has 0 unspecified atom stereocenters. The van der Waals surface area contributed by atoms with Crippen LogP contribution in [0.25, 0.3) is 10.9 Å². The summed E-state index contributed by atoms with van der Waals surface area (Å²) in [6.45, 7) is 3.27. The van der Waals surface area contributed by atoms with Gasteiger partial charge in [0.05, 0.1) is 16.8 Å². The quantitative estimate of drug-likeness (QED) is 0.771. The van der Waals surface area contributed by atoms with E-state index < -0.39 is 0 Å². The molecule has 3 heterocycles. The first-order chi connectivity index (χ1) is 13.2. The highest BCUT2D eigenvalue weighted by molar-refractivity contribution is 7.99. The summed E-state index contributed by atoms with van der Waals surface area (Å²) in [5.41, 5.74) is 2.28. The molecular weight excluding hydrogens is 380 g/mol. The molecule has 1 aromatic carbocycles. The summed E-state index contributed by atoms with van der Waals surface area (Å²) in [6.07, 6.45) is 3.27. The highest BCUT2D eigenvalue weighted by Gasteiger charge is 2.30. The van der Waals surface area contributed by atoms with E-state index in [0.717, 1.165) is 67.1 Å².